The van der Waals surface area contributed by atoms with Crippen molar-refractivity contribution in [3.63, 3.8) is 0 Å². The lowest BCUT2D eigenvalue weighted by molar-refractivity contribution is -0.130. The fraction of sp³-hybridized carbons (Fsp3) is 0.529. The molecule has 1 fully saturated rings. The third-order valence-electron chi connectivity index (χ3n) is 4.15. The second-order valence-electron chi connectivity index (χ2n) is 5.67. The van der Waals surface area contributed by atoms with Crippen LogP contribution in [0.4, 0.5) is 4.79 Å². The van der Waals surface area contributed by atoms with Crippen molar-refractivity contribution in [2.75, 3.05) is 26.2 Å². The van der Waals surface area contributed by atoms with Crippen LogP contribution >= 0.6 is 0 Å². The number of nitrogens with two attached hydrogens (primary N) is 1. The van der Waals surface area contributed by atoms with Gasteiger partial charge in [-0.3, -0.25) is 4.79 Å². The molecule has 1 saturated heterocycles. The lowest BCUT2D eigenvalue weighted by atomic mass is 10.2. The Hall–Kier alpha value is -2.08. The highest BCUT2D eigenvalue weighted by atomic mass is 16.6. The minimum atomic E-state index is -0.344. The number of carbonyl (C=O) groups excluding carboxylic acids is 2. The molecule has 0 saturated carbocycles. The van der Waals surface area contributed by atoms with Gasteiger partial charge in [-0.2, -0.15) is 0 Å². The molecule has 1 aromatic carbocycles. The van der Waals surface area contributed by atoms with E-state index in [0.29, 0.717) is 13.1 Å². The summed E-state index contributed by atoms with van der Waals surface area (Å²) >= 11 is 0. The summed E-state index contributed by atoms with van der Waals surface area (Å²) < 4.78 is 5.37. The van der Waals surface area contributed by atoms with Gasteiger partial charge >= 0.3 is 6.09 Å². The zero-order chi connectivity index (χ0) is 16.7. The highest BCUT2D eigenvalue weighted by Gasteiger charge is 2.30. The quantitative estimate of drug-likeness (QED) is 0.864. The number of hydrogen-bond donors (Lipinski definition) is 1. The summed E-state index contributed by atoms with van der Waals surface area (Å²) in [4.78, 5) is 27.5. The van der Waals surface area contributed by atoms with Crippen LogP contribution in [0, 0.1) is 0 Å². The van der Waals surface area contributed by atoms with E-state index in [2.05, 4.69) is 0 Å². The summed E-state index contributed by atoms with van der Waals surface area (Å²) in [5.74, 6) is -0.0544. The number of ether oxygens (including phenoxy) is 1. The Balaban J connectivity index is 1.88. The maximum absolute atomic E-state index is 12.3. The molecule has 1 aromatic rings. The second-order valence-corrected chi connectivity index (χ2v) is 5.67. The molecule has 0 spiro atoms. The number of benzene rings is 1. The van der Waals surface area contributed by atoms with Crippen LogP contribution in [0.15, 0.2) is 30.3 Å². The summed E-state index contributed by atoms with van der Waals surface area (Å²) in [6.07, 6.45) is 1.50. The van der Waals surface area contributed by atoms with Crippen LogP contribution in [0.1, 0.15) is 25.3 Å². The molecule has 1 aliphatic heterocycles. The van der Waals surface area contributed by atoms with Gasteiger partial charge in [-0.15, -0.1) is 0 Å². The topological polar surface area (TPSA) is 75.9 Å². The molecular weight excluding hydrogens is 294 g/mol. The molecule has 6 heteroatoms. The molecule has 2 rings (SSSR count). The Bertz CT molecular complexity index is 521. The van der Waals surface area contributed by atoms with Gasteiger partial charge in [0.1, 0.15) is 6.61 Å². The average Bonchev–Trinajstić information content (AvgIpc) is 3.06. The molecular formula is C17H25N3O3. The molecule has 0 aromatic heterocycles. The molecule has 1 heterocycles. The Kier molecular flexibility index (Phi) is 6.40. The van der Waals surface area contributed by atoms with Gasteiger partial charge in [0, 0.05) is 25.7 Å². The van der Waals surface area contributed by atoms with Crippen molar-refractivity contribution in [2.45, 2.75) is 32.4 Å². The van der Waals surface area contributed by atoms with E-state index in [-0.39, 0.29) is 31.2 Å². The molecule has 0 unspecified atom stereocenters. The van der Waals surface area contributed by atoms with Gasteiger partial charge in [0.15, 0.2) is 0 Å². The van der Waals surface area contributed by atoms with Crippen molar-refractivity contribution >= 4 is 12.0 Å². The summed E-state index contributed by atoms with van der Waals surface area (Å²) in [5, 5.41) is 0. The predicted molar refractivity (Wildman–Crippen MR) is 87.7 cm³/mol. The number of rotatable bonds is 6. The number of likely N-dealkylation sites (N-methyl/N-ethyl adjacent to an activating group) is 1. The third-order valence-corrected chi connectivity index (χ3v) is 4.15. The molecule has 0 radical (unpaired) electrons. The highest BCUT2D eigenvalue weighted by molar-refractivity contribution is 5.78. The Morgan fingerprint density at radius 3 is 2.74 bits per heavy atom. The first kappa shape index (κ1) is 17.3. The number of carbonyl (C=O) groups is 2. The van der Waals surface area contributed by atoms with Gasteiger partial charge in [0.25, 0.3) is 0 Å². The zero-order valence-electron chi connectivity index (χ0n) is 13.6. The van der Waals surface area contributed by atoms with Crippen LogP contribution in [0.25, 0.3) is 0 Å². The van der Waals surface area contributed by atoms with Crippen LogP contribution in [-0.2, 0) is 16.1 Å². The van der Waals surface area contributed by atoms with Crippen molar-refractivity contribution in [1.29, 1.82) is 0 Å². The monoisotopic (exact) mass is 319 g/mol. The van der Waals surface area contributed by atoms with E-state index >= 15 is 0 Å². The summed E-state index contributed by atoms with van der Waals surface area (Å²) in [6.45, 7) is 3.95. The summed E-state index contributed by atoms with van der Waals surface area (Å²) in [7, 11) is 0. The molecule has 2 N–H and O–H groups in total. The Labute approximate surface area is 137 Å². The molecule has 1 aliphatic rings. The molecule has 6 nitrogen and oxygen atoms in total. The van der Waals surface area contributed by atoms with Gasteiger partial charge in [-0.05, 0) is 25.3 Å². The van der Waals surface area contributed by atoms with E-state index in [4.69, 9.17) is 10.5 Å². The average molecular weight is 319 g/mol. The van der Waals surface area contributed by atoms with Crippen LogP contribution < -0.4 is 5.73 Å². The first-order valence-electron chi connectivity index (χ1n) is 8.10. The van der Waals surface area contributed by atoms with E-state index < -0.39 is 0 Å². The molecule has 0 aliphatic carbocycles. The van der Waals surface area contributed by atoms with Crippen molar-refractivity contribution in [3.8, 4) is 0 Å². The maximum Gasteiger partial charge on any atom is 0.410 e. The van der Waals surface area contributed by atoms with Crippen molar-refractivity contribution in [2.24, 2.45) is 5.73 Å². The first-order chi connectivity index (χ1) is 11.2. The van der Waals surface area contributed by atoms with Crippen LogP contribution in [0.5, 0.6) is 0 Å². The van der Waals surface area contributed by atoms with Gasteiger partial charge in [-0.1, -0.05) is 30.3 Å². The second kappa shape index (κ2) is 8.53. The van der Waals surface area contributed by atoms with Crippen LogP contribution in [0.3, 0.4) is 0 Å². The van der Waals surface area contributed by atoms with Crippen molar-refractivity contribution in [1.82, 2.24) is 9.80 Å². The number of hydrogen-bond acceptors (Lipinski definition) is 4. The smallest absolute Gasteiger partial charge is 0.410 e. The van der Waals surface area contributed by atoms with E-state index in [1.54, 1.807) is 9.80 Å². The fourth-order valence-corrected chi connectivity index (χ4v) is 2.87. The summed E-state index contributed by atoms with van der Waals surface area (Å²) in [6, 6.07) is 9.62. The third kappa shape index (κ3) is 4.69. The minimum absolute atomic E-state index is 0.0150. The lowest BCUT2D eigenvalue weighted by Crippen LogP contribution is -2.47. The van der Waals surface area contributed by atoms with Crippen LogP contribution in [0.2, 0.25) is 0 Å². The number of likely N-dealkylation sites (tertiary alicyclic amines) is 1. The Morgan fingerprint density at radius 2 is 2.09 bits per heavy atom. The number of nitrogens with zero attached hydrogens (tertiary/aromatic N) is 2. The zero-order valence-corrected chi connectivity index (χ0v) is 13.6. The van der Waals surface area contributed by atoms with E-state index in [0.717, 1.165) is 24.9 Å². The van der Waals surface area contributed by atoms with Gasteiger partial charge in [0.05, 0.1) is 6.54 Å². The van der Waals surface area contributed by atoms with E-state index in [1.165, 1.54) is 0 Å². The van der Waals surface area contributed by atoms with E-state index in [9.17, 15) is 9.59 Å². The molecule has 1 atom stereocenters. The summed E-state index contributed by atoms with van der Waals surface area (Å²) in [5.41, 5.74) is 6.41. The largest absolute Gasteiger partial charge is 0.445 e. The van der Waals surface area contributed by atoms with Crippen molar-refractivity contribution in [3.05, 3.63) is 35.9 Å². The predicted octanol–water partition coefficient (Wildman–Crippen LogP) is 1.59. The maximum atomic E-state index is 12.3. The van der Waals surface area contributed by atoms with Gasteiger partial charge in [-0.25, -0.2) is 4.79 Å². The molecule has 2 amide bonds. The minimum Gasteiger partial charge on any atom is -0.445 e. The first-order valence-corrected chi connectivity index (χ1v) is 8.10. The Morgan fingerprint density at radius 1 is 1.35 bits per heavy atom. The normalized spacial score (nSPS) is 17.1. The van der Waals surface area contributed by atoms with Gasteiger partial charge in [0.2, 0.25) is 5.91 Å². The molecule has 126 valence electrons. The van der Waals surface area contributed by atoms with Crippen molar-refractivity contribution < 1.29 is 14.3 Å². The van der Waals surface area contributed by atoms with Crippen LogP contribution in [-0.4, -0.2) is 54.0 Å². The molecule has 0 bridgehead atoms. The SMILES string of the molecule is CCN(C[C@H]1CCCN1C(=O)CN)C(=O)OCc1ccccc1. The lowest BCUT2D eigenvalue weighted by Gasteiger charge is -2.29. The molecule has 23 heavy (non-hydrogen) atoms. The van der Waals surface area contributed by atoms with E-state index in [1.807, 2.05) is 37.3 Å². The number of amides is 2. The highest BCUT2D eigenvalue weighted by Crippen LogP contribution is 2.18. The van der Waals surface area contributed by atoms with Gasteiger partial charge < -0.3 is 20.3 Å². The standard InChI is InChI=1S/C17H25N3O3/c1-2-19(12-15-9-6-10-20(15)16(21)11-18)17(22)23-13-14-7-4-3-5-8-14/h3-5,7-8,15H,2,6,9-13,18H2,1H3/t15-/m1/s1. The fourth-order valence-electron chi connectivity index (χ4n) is 2.87.